The van der Waals surface area contributed by atoms with E-state index in [-0.39, 0.29) is 17.5 Å². The fourth-order valence-electron chi connectivity index (χ4n) is 3.14. The molecule has 2 unspecified atom stereocenters. The van der Waals surface area contributed by atoms with Crippen LogP contribution in [0.15, 0.2) is 18.2 Å². The van der Waals surface area contributed by atoms with Gasteiger partial charge < -0.3 is 14.6 Å². The third-order valence-corrected chi connectivity index (χ3v) is 4.19. The molecule has 1 N–H and O–H groups in total. The Morgan fingerprint density at radius 2 is 2.26 bits per heavy atom. The third-order valence-electron chi connectivity index (χ3n) is 4.19. The summed E-state index contributed by atoms with van der Waals surface area (Å²) in [6, 6.07) is 4.36. The van der Waals surface area contributed by atoms with Gasteiger partial charge in [-0.15, -0.1) is 0 Å². The summed E-state index contributed by atoms with van der Waals surface area (Å²) in [5.74, 6) is 0.271. The second kappa shape index (κ2) is 4.76. The number of halogens is 1. The molecule has 3 nitrogen and oxygen atoms in total. The predicted molar refractivity (Wildman–Crippen MR) is 68.6 cm³/mol. The van der Waals surface area contributed by atoms with Crippen LogP contribution in [-0.4, -0.2) is 23.4 Å². The molecule has 0 bridgehead atoms. The Morgan fingerprint density at radius 3 is 3.05 bits per heavy atom. The van der Waals surface area contributed by atoms with Crippen LogP contribution in [0.3, 0.4) is 0 Å². The number of fused-ring (bicyclic) bond motifs is 1. The summed E-state index contributed by atoms with van der Waals surface area (Å²) in [6.07, 6.45) is 2.55. The molecule has 1 spiro atoms. The highest BCUT2D eigenvalue weighted by molar-refractivity contribution is 5.38. The van der Waals surface area contributed by atoms with Gasteiger partial charge in [0.1, 0.15) is 17.2 Å². The maximum atomic E-state index is 13.2. The van der Waals surface area contributed by atoms with Crippen LogP contribution in [0.4, 0.5) is 4.39 Å². The van der Waals surface area contributed by atoms with Crippen LogP contribution in [-0.2, 0) is 4.74 Å². The maximum absolute atomic E-state index is 13.2. The summed E-state index contributed by atoms with van der Waals surface area (Å²) in [5.41, 5.74) is 0.202. The fourth-order valence-corrected chi connectivity index (χ4v) is 3.14. The molecule has 1 fully saturated rings. The molecule has 19 heavy (non-hydrogen) atoms. The van der Waals surface area contributed by atoms with E-state index in [1.807, 2.05) is 0 Å². The first kappa shape index (κ1) is 12.9. The Bertz CT molecular complexity index is 476. The van der Waals surface area contributed by atoms with Gasteiger partial charge in [-0.25, -0.2) is 4.39 Å². The highest BCUT2D eigenvalue weighted by Crippen LogP contribution is 2.45. The maximum Gasteiger partial charge on any atom is 0.126 e. The van der Waals surface area contributed by atoms with E-state index >= 15 is 0 Å². The highest BCUT2D eigenvalue weighted by Gasteiger charge is 2.44. The van der Waals surface area contributed by atoms with Gasteiger partial charge in [-0.1, -0.05) is 6.92 Å². The van der Waals surface area contributed by atoms with Crippen molar-refractivity contribution in [3.8, 4) is 5.75 Å². The standard InChI is InChI=1S/C15H19FO3/c1-2-11-8-15(5-6-18-11)9-13(17)12-7-10(16)3-4-14(12)19-15/h3-4,7,11,13,17H,2,5-6,8-9H2,1H3/t11?,13-,15?/m0/s1. The topological polar surface area (TPSA) is 38.7 Å². The number of aliphatic hydroxyl groups excluding tert-OH is 1. The molecule has 0 radical (unpaired) electrons. The molecule has 0 saturated carbocycles. The minimum atomic E-state index is -0.657. The predicted octanol–water partition coefficient (Wildman–Crippen LogP) is 2.97. The van der Waals surface area contributed by atoms with Crippen molar-refractivity contribution in [2.75, 3.05) is 6.61 Å². The molecule has 1 aromatic carbocycles. The molecule has 3 atom stereocenters. The number of hydrogen-bond acceptors (Lipinski definition) is 3. The molecule has 3 rings (SSSR count). The first-order chi connectivity index (χ1) is 9.12. The average Bonchev–Trinajstić information content (AvgIpc) is 2.40. The van der Waals surface area contributed by atoms with Gasteiger partial charge in [0, 0.05) is 24.8 Å². The molecule has 1 saturated heterocycles. The average molecular weight is 266 g/mol. The highest BCUT2D eigenvalue weighted by atomic mass is 19.1. The molecular formula is C15H19FO3. The first-order valence-corrected chi connectivity index (χ1v) is 6.90. The summed E-state index contributed by atoms with van der Waals surface area (Å²) in [4.78, 5) is 0. The minimum Gasteiger partial charge on any atom is -0.487 e. The molecule has 2 aliphatic heterocycles. The van der Waals surface area contributed by atoms with Gasteiger partial charge >= 0.3 is 0 Å². The van der Waals surface area contributed by atoms with Crippen LogP contribution in [0, 0.1) is 5.82 Å². The molecule has 4 heteroatoms. The lowest BCUT2D eigenvalue weighted by atomic mass is 9.80. The van der Waals surface area contributed by atoms with E-state index in [0.29, 0.717) is 24.3 Å². The molecule has 2 aliphatic rings. The number of aliphatic hydroxyl groups is 1. The molecule has 0 amide bonds. The summed E-state index contributed by atoms with van der Waals surface area (Å²) in [5, 5.41) is 10.3. The second-order valence-electron chi connectivity index (χ2n) is 5.54. The van der Waals surface area contributed by atoms with Crippen molar-refractivity contribution in [2.45, 2.75) is 50.4 Å². The van der Waals surface area contributed by atoms with E-state index < -0.39 is 6.10 Å². The Balaban J connectivity index is 1.89. The number of ether oxygens (including phenoxy) is 2. The smallest absolute Gasteiger partial charge is 0.126 e. The van der Waals surface area contributed by atoms with Gasteiger partial charge in [0.2, 0.25) is 0 Å². The Morgan fingerprint density at radius 1 is 1.42 bits per heavy atom. The number of hydrogen-bond donors (Lipinski definition) is 1. The van der Waals surface area contributed by atoms with Crippen LogP contribution < -0.4 is 4.74 Å². The van der Waals surface area contributed by atoms with Crippen LogP contribution in [0.2, 0.25) is 0 Å². The van der Waals surface area contributed by atoms with Crippen molar-refractivity contribution < 1.29 is 19.0 Å². The molecular weight excluding hydrogens is 247 g/mol. The van der Waals surface area contributed by atoms with Crippen molar-refractivity contribution >= 4 is 0 Å². The molecule has 1 aromatic rings. The van der Waals surface area contributed by atoms with Crippen LogP contribution in [0.5, 0.6) is 5.75 Å². The van der Waals surface area contributed by atoms with Crippen molar-refractivity contribution in [1.29, 1.82) is 0 Å². The van der Waals surface area contributed by atoms with Crippen LogP contribution >= 0.6 is 0 Å². The van der Waals surface area contributed by atoms with Gasteiger partial charge in [-0.2, -0.15) is 0 Å². The molecule has 0 aromatic heterocycles. The quantitative estimate of drug-likeness (QED) is 0.849. The first-order valence-electron chi connectivity index (χ1n) is 6.90. The lowest BCUT2D eigenvalue weighted by Gasteiger charge is -2.45. The molecule has 104 valence electrons. The van der Waals surface area contributed by atoms with Crippen molar-refractivity contribution in [3.63, 3.8) is 0 Å². The van der Waals surface area contributed by atoms with Gasteiger partial charge in [-0.3, -0.25) is 0 Å². The molecule has 2 heterocycles. The monoisotopic (exact) mass is 266 g/mol. The molecule has 0 aliphatic carbocycles. The van der Waals surface area contributed by atoms with E-state index in [1.165, 1.54) is 12.1 Å². The Kier molecular flexibility index (Phi) is 3.23. The third kappa shape index (κ3) is 2.35. The van der Waals surface area contributed by atoms with Crippen molar-refractivity contribution in [2.24, 2.45) is 0 Å². The van der Waals surface area contributed by atoms with Crippen molar-refractivity contribution in [1.82, 2.24) is 0 Å². The Labute approximate surface area is 112 Å². The summed E-state index contributed by atoms with van der Waals surface area (Å²) < 4.78 is 25.0. The Hall–Kier alpha value is -1.13. The van der Waals surface area contributed by atoms with Crippen LogP contribution in [0.1, 0.15) is 44.3 Å². The van der Waals surface area contributed by atoms with E-state index in [9.17, 15) is 9.50 Å². The number of benzene rings is 1. The second-order valence-corrected chi connectivity index (χ2v) is 5.54. The van der Waals surface area contributed by atoms with E-state index in [0.717, 1.165) is 19.3 Å². The minimum absolute atomic E-state index is 0.183. The largest absolute Gasteiger partial charge is 0.487 e. The van der Waals surface area contributed by atoms with Gasteiger partial charge in [0.25, 0.3) is 0 Å². The summed E-state index contributed by atoms with van der Waals surface area (Å²) in [7, 11) is 0. The summed E-state index contributed by atoms with van der Waals surface area (Å²) >= 11 is 0. The van der Waals surface area contributed by atoms with Gasteiger partial charge in [0.05, 0.1) is 18.8 Å². The van der Waals surface area contributed by atoms with Crippen LogP contribution in [0.25, 0.3) is 0 Å². The lowest BCUT2D eigenvalue weighted by Crippen LogP contribution is -2.48. The zero-order valence-electron chi connectivity index (χ0n) is 11.1. The summed E-state index contributed by atoms with van der Waals surface area (Å²) in [6.45, 7) is 2.74. The lowest BCUT2D eigenvalue weighted by molar-refractivity contribution is -0.116. The SMILES string of the molecule is CCC1CC2(CCO1)C[C@H](O)c1cc(F)ccc1O2. The van der Waals surface area contributed by atoms with Crippen molar-refractivity contribution in [3.05, 3.63) is 29.6 Å². The fraction of sp³-hybridized carbons (Fsp3) is 0.600. The normalized spacial score (nSPS) is 33.8. The van der Waals surface area contributed by atoms with E-state index in [1.54, 1.807) is 6.07 Å². The van der Waals surface area contributed by atoms with E-state index in [2.05, 4.69) is 6.92 Å². The number of rotatable bonds is 1. The van der Waals surface area contributed by atoms with Gasteiger partial charge in [0.15, 0.2) is 0 Å². The zero-order chi connectivity index (χ0) is 13.5. The van der Waals surface area contributed by atoms with E-state index in [4.69, 9.17) is 9.47 Å². The zero-order valence-corrected chi connectivity index (χ0v) is 11.1. The van der Waals surface area contributed by atoms with Gasteiger partial charge in [-0.05, 0) is 24.6 Å².